The molecule has 16 aromatic rings. The smallest absolute Gasteiger partial charge is 0.232 e. The van der Waals surface area contributed by atoms with Gasteiger partial charge in [-0.1, -0.05) is 317 Å². The number of aromatic nitrogens is 12. The van der Waals surface area contributed by atoms with Gasteiger partial charge in [-0.05, 0) is 210 Å². The van der Waals surface area contributed by atoms with Gasteiger partial charge < -0.3 is 0 Å². The van der Waals surface area contributed by atoms with Gasteiger partial charge in [-0.25, -0.2) is 27.4 Å². The summed E-state index contributed by atoms with van der Waals surface area (Å²) in [4.78, 5) is 25.9. The second kappa shape index (κ2) is 43.9. The molecule has 0 radical (unpaired) electrons. The molecule has 10 aromatic carbocycles. The summed E-state index contributed by atoms with van der Waals surface area (Å²) in [5.74, 6) is 1.69. The van der Waals surface area contributed by atoms with Crippen LogP contribution in [-0.4, -0.2) is 29.9 Å². The Labute approximate surface area is 794 Å². The van der Waals surface area contributed by atoms with E-state index in [4.69, 9.17) is 24.7 Å². The summed E-state index contributed by atoms with van der Waals surface area (Å²) in [6, 6.07) is 69.1. The number of hydrogen-bond donors (Lipinski definition) is 0. The first kappa shape index (κ1) is 71.7. The number of nitrogens with zero attached hydrogens (tertiary/aromatic N) is 12. The van der Waals surface area contributed by atoms with Crippen LogP contribution in [0.4, 0.5) is 0 Å². The minimum Gasteiger partial charge on any atom is -0.232 e. The van der Waals surface area contributed by atoms with Crippen LogP contribution in [0.5, 0.6) is 0 Å². The van der Waals surface area contributed by atoms with E-state index < -0.39 is 41.1 Å². The fraction of sp³-hybridized carbons (Fsp3) is 0.282. The normalized spacial score (nSPS) is 15.0. The monoisotopic (exact) mass is 1720 g/mol. The van der Waals surface area contributed by atoms with Crippen LogP contribution in [0.1, 0.15) is 171 Å². The highest BCUT2D eigenvalue weighted by molar-refractivity contribution is 5.86. The average molecular weight is 1720 g/mol. The molecule has 0 spiro atoms. The minimum atomic E-state index is -2.47. The Hall–Kier alpha value is -13.3. The first-order valence-electron chi connectivity index (χ1n) is 53.5. The molecule has 6 aromatic heterocycles. The minimum absolute atomic E-state index is 0.00367. The Morgan fingerprint density at radius 3 is 0.829 bits per heavy atom. The molecule has 6 heterocycles. The summed E-state index contributed by atoms with van der Waals surface area (Å²) < 4.78 is 155. The van der Waals surface area contributed by atoms with Crippen molar-refractivity contribution in [3.63, 3.8) is 0 Å². The highest BCUT2D eigenvalue weighted by atomic mass is 15.0. The van der Waals surface area contributed by atoms with Gasteiger partial charge in [-0.2, -0.15) is 0 Å². The lowest BCUT2D eigenvalue weighted by Gasteiger charge is -2.22. The van der Waals surface area contributed by atoms with E-state index >= 15 is 0 Å². The topological polar surface area (TPSA) is 101 Å². The van der Waals surface area contributed by atoms with Gasteiger partial charge in [0.1, 0.15) is 46.6 Å². The van der Waals surface area contributed by atoms with Gasteiger partial charge in [-0.3, -0.25) is 0 Å². The van der Waals surface area contributed by atoms with E-state index in [1.807, 2.05) is 174 Å². The largest absolute Gasteiger partial charge is 0.286 e. The van der Waals surface area contributed by atoms with E-state index in [0.717, 1.165) is 95.8 Å². The number of benzene rings is 10. The molecule has 0 N–H and O–H groups in total. The van der Waals surface area contributed by atoms with E-state index in [0.29, 0.717) is 38.9 Å². The Morgan fingerprint density at radius 1 is 0.233 bits per heavy atom. The van der Waals surface area contributed by atoms with Crippen molar-refractivity contribution in [1.29, 1.82) is 0 Å². The molecule has 0 amide bonds. The lowest BCUT2D eigenvalue weighted by molar-refractivity contribution is -0.664. The van der Waals surface area contributed by atoms with Crippen molar-refractivity contribution in [2.75, 3.05) is 0 Å². The van der Waals surface area contributed by atoms with Gasteiger partial charge in [0.25, 0.3) is 38.0 Å². The maximum Gasteiger partial charge on any atom is 0.286 e. The average Bonchev–Trinajstić information content (AvgIpc) is 0.787. The highest BCUT2D eigenvalue weighted by Gasteiger charge is 2.28. The summed E-state index contributed by atoms with van der Waals surface area (Å²) in [5.41, 5.74) is 29.0. The molecule has 0 unspecified atom stereocenters. The van der Waals surface area contributed by atoms with Crippen LogP contribution < -0.4 is 27.4 Å². The second-order valence-corrected chi connectivity index (χ2v) is 34.3. The van der Waals surface area contributed by atoms with Crippen molar-refractivity contribution in [2.24, 2.45) is 54.1 Å². The Kier molecular flexibility index (Phi) is 24.4. The van der Waals surface area contributed by atoms with Crippen LogP contribution in [0.2, 0.25) is 0 Å². The third-order valence-corrected chi connectivity index (χ3v) is 24.6. The maximum absolute atomic E-state index is 8.05. The molecule has 12 nitrogen and oxygen atoms in total. The van der Waals surface area contributed by atoms with Crippen molar-refractivity contribution < 1.29 is 52.1 Å². The summed E-state index contributed by atoms with van der Waals surface area (Å²) in [5, 5.41) is 0. The van der Waals surface area contributed by atoms with Crippen LogP contribution in [0.25, 0.3) is 112 Å². The van der Waals surface area contributed by atoms with E-state index in [9.17, 15) is 0 Å². The van der Waals surface area contributed by atoms with Crippen molar-refractivity contribution in [3.8, 4) is 112 Å². The van der Waals surface area contributed by atoms with E-state index in [1.165, 1.54) is 134 Å². The zero-order valence-electron chi connectivity index (χ0n) is 95.0. The molecule has 2 aliphatic rings. The van der Waals surface area contributed by atoms with Crippen LogP contribution in [0.15, 0.2) is 294 Å². The van der Waals surface area contributed by atoms with Gasteiger partial charge in [0.05, 0.1) is 64.5 Å². The van der Waals surface area contributed by atoms with Gasteiger partial charge in [-0.15, -0.1) is 0 Å². The van der Waals surface area contributed by atoms with Crippen molar-refractivity contribution in [2.45, 2.75) is 167 Å². The number of rotatable bonds is 14. The van der Waals surface area contributed by atoms with Crippen molar-refractivity contribution in [1.82, 2.24) is 29.9 Å². The summed E-state index contributed by atoms with van der Waals surface area (Å²) in [6.45, 7) is 1.80. The SMILES string of the molecule is Cc1ccccc1-c1c(CC2CCCC2)cnc[n+]1C.Cc1ccccc1-c1c(CC2CCCCC2)cnc[n+]1C.[2H]C([2H])([2H])c1cc(C)cc(C([2H])([2H])[2H])c1-c1cnc[n+](C)c1-c1ccccc1C.[2H]C([2H])([2H])c1cc(C)ccc1-c1cnc[n+](C)c1-c1ccccc1C.[2H]C([2H])([2H])c1cccc(C([2H])([2H])[2H])c1-c1cnc[n+](C)c1-c1ccccc1C.[2H]C([2H])([2H])c1ccccc1-c1cnc[n+](C)c1-c1ccccc1C. The number of hydrogen-bond acceptors (Lipinski definition) is 6. The molecule has 0 bridgehead atoms. The summed E-state index contributed by atoms with van der Waals surface area (Å²) >= 11 is 0. The predicted molar refractivity (Wildman–Crippen MR) is 529 cm³/mol. The van der Waals surface area contributed by atoms with Gasteiger partial charge in [0.15, 0.2) is 24.8 Å². The Balaban J connectivity index is 0.000000148. The maximum atomic E-state index is 8.05. The first-order valence-corrected chi connectivity index (χ1v) is 44.5. The molecule has 12 heteroatoms. The third kappa shape index (κ3) is 22.6. The van der Waals surface area contributed by atoms with Gasteiger partial charge in [0, 0.05) is 69.2 Å². The quantitative estimate of drug-likeness (QED) is 0.101. The van der Waals surface area contributed by atoms with Gasteiger partial charge in [0.2, 0.25) is 0 Å². The van der Waals surface area contributed by atoms with Crippen LogP contribution in [0.3, 0.4) is 0 Å². The lowest BCUT2D eigenvalue weighted by Crippen LogP contribution is -2.33. The lowest BCUT2D eigenvalue weighted by atomic mass is 9.84. The second-order valence-electron chi connectivity index (χ2n) is 34.3. The van der Waals surface area contributed by atoms with Gasteiger partial charge >= 0.3 is 0 Å². The van der Waals surface area contributed by atoms with Crippen LogP contribution in [0, 0.1) is 108 Å². The third-order valence-electron chi connectivity index (χ3n) is 24.6. The molecule has 2 saturated carbocycles. The molecule has 2 aliphatic carbocycles. The van der Waals surface area contributed by atoms with E-state index in [1.54, 1.807) is 96.5 Å². The van der Waals surface area contributed by atoms with Crippen molar-refractivity contribution in [3.05, 3.63) is 383 Å². The molecule has 2 fully saturated rings. The zero-order chi connectivity index (χ0) is 106. The molecule has 0 atom stereocenters. The molecule has 18 rings (SSSR count). The molecule has 0 aliphatic heterocycles. The zero-order valence-corrected chi connectivity index (χ0v) is 77.0. The van der Waals surface area contributed by atoms with Crippen LogP contribution >= 0.6 is 0 Å². The standard InChI is InChI=1S/C21H23N2.2C20H21N2.C19H19N2.C19H25N2.C18H23N2/c1-14-10-16(3)20(17(4)11-14)19-12-22-13-23(5)21(19)18-9-7-6-8-15(18)2;1-14-8-5-6-11-17(14)20-18(12-21-13-22(20)4)19-15(2)9-7-10-16(19)3;1-14-9-10-17(16(3)11-14)19-12-21-13-22(4)20(19)18-8-6-5-7-15(18)2;1-14-8-4-6-10-16(14)18-12-20-13-21(3)19(18)17-11-7-5-9-15(17)2;1-15-8-6-7-11-18(15)19-17(13-20-14-21(19)2)12-16-9-4-3-5-10-16;1-14-7-3-6-10-17(14)18-16(12-19-13-20(18)2)11-15-8-4-5-9-15/h6-13H,1-5H3;2*5-13H,1-4H3;4-13H,1-3H3;6-8,11,13-14,16H,3-5,9-10,12H2,1-2H3;3,6-7,10,12-13,15H,4-5,8-9,11H2,1-2H3/q6*+1/i3D3,4D3;2D3,3D3;3D3;1D3;;. The molecule has 129 heavy (non-hydrogen) atoms. The molecule has 0 saturated heterocycles. The van der Waals surface area contributed by atoms with E-state index in [2.05, 4.69) is 160 Å². The summed E-state index contributed by atoms with van der Waals surface area (Å²) in [6.07, 6.45) is 36.2. The Morgan fingerprint density at radius 2 is 0.488 bits per heavy atom. The predicted octanol–water partition coefficient (Wildman–Crippen LogP) is 24.3. The number of aryl methyl sites for hydroxylation is 20. The fourth-order valence-corrected chi connectivity index (χ4v) is 18.1. The molecular weight excluding hydrogens is 1570 g/mol. The van der Waals surface area contributed by atoms with E-state index in [-0.39, 0.29) is 33.4 Å². The van der Waals surface area contributed by atoms with Crippen LogP contribution in [-0.2, 0) is 55.1 Å². The fourth-order valence-electron chi connectivity index (χ4n) is 18.1. The Bertz CT molecular complexity index is 7270. The summed E-state index contributed by atoms with van der Waals surface area (Å²) in [7, 11) is 11.7. The molecule has 654 valence electrons. The highest BCUT2D eigenvalue weighted by Crippen LogP contribution is 2.40. The first-order chi connectivity index (χ1) is 69.6. The molecular formula is C117H132N12+6. The van der Waals surface area contributed by atoms with Crippen molar-refractivity contribution >= 4 is 0 Å².